The molecule has 1 heterocycles. The van der Waals surface area contributed by atoms with Crippen LogP contribution < -0.4 is 5.32 Å². The number of hydrogen-bond acceptors (Lipinski definition) is 4. The molecule has 1 atom stereocenters. The van der Waals surface area contributed by atoms with Crippen LogP contribution in [0.5, 0.6) is 0 Å². The molecule has 0 radical (unpaired) electrons. The van der Waals surface area contributed by atoms with Crippen LogP contribution in [0.1, 0.15) is 57.8 Å². The third-order valence-electron chi connectivity index (χ3n) is 4.71. The minimum absolute atomic E-state index is 0.173. The lowest BCUT2D eigenvalue weighted by molar-refractivity contribution is -0.125. The number of carbonyl (C=O) groups excluding carboxylic acids is 1. The van der Waals surface area contributed by atoms with Crippen molar-refractivity contribution in [1.29, 1.82) is 0 Å². The van der Waals surface area contributed by atoms with Crippen molar-refractivity contribution in [2.75, 3.05) is 26.0 Å². The van der Waals surface area contributed by atoms with E-state index < -0.39 is 16.1 Å². The maximum absolute atomic E-state index is 12.3. The fourth-order valence-corrected chi connectivity index (χ4v) is 4.57. The Balaban J connectivity index is 1.67. The smallest absolute Gasteiger partial charge is 0.238 e. The molecule has 0 spiro atoms. The van der Waals surface area contributed by atoms with E-state index in [0.29, 0.717) is 32.2 Å². The maximum Gasteiger partial charge on any atom is 0.238 e. The summed E-state index contributed by atoms with van der Waals surface area (Å²) in [6.45, 7) is 1.65. The molecule has 1 aliphatic heterocycles. The molecule has 0 aromatic rings. The van der Waals surface area contributed by atoms with Crippen molar-refractivity contribution in [1.82, 2.24) is 9.62 Å². The third-order valence-corrected chi connectivity index (χ3v) is 6.00. The summed E-state index contributed by atoms with van der Waals surface area (Å²) in [5.41, 5.74) is 0. The number of nitrogens with zero attached hydrogens (tertiary/aromatic N) is 1. The summed E-state index contributed by atoms with van der Waals surface area (Å²) >= 11 is 0. The first kappa shape index (κ1) is 18.7. The van der Waals surface area contributed by atoms with Crippen molar-refractivity contribution in [2.45, 2.75) is 69.9 Å². The summed E-state index contributed by atoms with van der Waals surface area (Å²) in [7, 11) is -3.32. The Bertz CT molecular complexity index is 474. The van der Waals surface area contributed by atoms with E-state index in [1.807, 2.05) is 0 Å². The van der Waals surface area contributed by atoms with Gasteiger partial charge in [-0.2, -0.15) is 4.31 Å². The molecule has 0 aromatic heterocycles. The second-order valence-corrected chi connectivity index (χ2v) is 8.60. The van der Waals surface area contributed by atoms with Crippen molar-refractivity contribution in [2.24, 2.45) is 0 Å². The number of nitrogens with one attached hydrogen (secondary N) is 1. The average molecular weight is 346 g/mol. The van der Waals surface area contributed by atoms with Gasteiger partial charge in [0.1, 0.15) is 6.04 Å². The number of rotatable bonds is 7. The molecular weight excluding hydrogens is 316 g/mol. The van der Waals surface area contributed by atoms with E-state index in [1.54, 1.807) is 0 Å². The second kappa shape index (κ2) is 8.99. The van der Waals surface area contributed by atoms with Gasteiger partial charge in [-0.1, -0.05) is 25.7 Å². The molecule has 6 nitrogen and oxygen atoms in total. The monoisotopic (exact) mass is 346 g/mol. The lowest BCUT2D eigenvalue weighted by Crippen LogP contribution is -2.51. The van der Waals surface area contributed by atoms with E-state index in [1.165, 1.54) is 29.8 Å². The molecule has 1 N–H and O–H groups in total. The van der Waals surface area contributed by atoms with Gasteiger partial charge in [-0.15, -0.1) is 0 Å². The van der Waals surface area contributed by atoms with Crippen LogP contribution in [0.15, 0.2) is 0 Å². The standard InChI is InChI=1S/C16H30N2O4S/c1-23(20,21)18-12-6-5-10-15(18)16(19)17-11-7-13-22-14-8-3-2-4-9-14/h14-15H,2-13H2,1H3,(H,17,19)/t15-/m1/s1. The minimum atomic E-state index is -3.32. The van der Waals surface area contributed by atoms with E-state index >= 15 is 0 Å². The summed E-state index contributed by atoms with van der Waals surface area (Å²) in [6.07, 6.45) is 10.8. The van der Waals surface area contributed by atoms with Gasteiger partial charge in [0.05, 0.1) is 12.4 Å². The molecule has 0 unspecified atom stereocenters. The summed E-state index contributed by atoms with van der Waals surface area (Å²) in [5, 5.41) is 2.87. The predicted molar refractivity (Wildman–Crippen MR) is 89.6 cm³/mol. The lowest BCUT2D eigenvalue weighted by Gasteiger charge is -2.32. The SMILES string of the molecule is CS(=O)(=O)N1CCCC[C@@H]1C(=O)NCCCOC1CCCCC1. The highest BCUT2D eigenvalue weighted by atomic mass is 32.2. The Morgan fingerprint density at radius 1 is 1.13 bits per heavy atom. The number of hydrogen-bond donors (Lipinski definition) is 1. The van der Waals surface area contributed by atoms with Crippen LogP contribution in [-0.2, 0) is 19.6 Å². The summed E-state index contributed by atoms with van der Waals surface area (Å²) in [4.78, 5) is 12.3. The van der Waals surface area contributed by atoms with Gasteiger partial charge in [-0.3, -0.25) is 4.79 Å². The molecule has 1 saturated carbocycles. The second-order valence-electron chi connectivity index (χ2n) is 6.66. The van der Waals surface area contributed by atoms with E-state index in [9.17, 15) is 13.2 Å². The van der Waals surface area contributed by atoms with Crippen LogP contribution in [-0.4, -0.2) is 56.7 Å². The number of carbonyl (C=O) groups is 1. The zero-order chi connectivity index (χ0) is 16.7. The molecule has 0 bridgehead atoms. The number of piperidine rings is 1. The summed E-state index contributed by atoms with van der Waals surface area (Å²) in [5.74, 6) is -0.173. The van der Waals surface area contributed by atoms with Gasteiger partial charge in [0.2, 0.25) is 15.9 Å². The molecule has 7 heteroatoms. The molecule has 2 fully saturated rings. The van der Waals surface area contributed by atoms with Gasteiger partial charge in [-0.05, 0) is 32.1 Å². The zero-order valence-electron chi connectivity index (χ0n) is 14.1. The Kier molecular flexibility index (Phi) is 7.30. The molecule has 2 rings (SSSR count). The Hall–Kier alpha value is -0.660. The predicted octanol–water partition coefficient (Wildman–Crippen LogP) is 1.66. The Morgan fingerprint density at radius 2 is 1.83 bits per heavy atom. The average Bonchev–Trinajstić information content (AvgIpc) is 2.54. The van der Waals surface area contributed by atoms with Crippen molar-refractivity contribution in [3.05, 3.63) is 0 Å². The Morgan fingerprint density at radius 3 is 2.52 bits per heavy atom. The molecule has 23 heavy (non-hydrogen) atoms. The minimum Gasteiger partial charge on any atom is -0.378 e. The lowest BCUT2D eigenvalue weighted by atomic mass is 9.98. The van der Waals surface area contributed by atoms with E-state index in [2.05, 4.69) is 5.32 Å². The van der Waals surface area contributed by atoms with Crippen molar-refractivity contribution >= 4 is 15.9 Å². The van der Waals surface area contributed by atoms with Crippen molar-refractivity contribution < 1.29 is 17.9 Å². The number of ether oxygens (including phenoxy) is 1. The largest absolute Gasteiger partial charge is 0.378 e. The molecule has 1 amide bonds. The molecular formula is C16H30N2O4S. The fourth-order valence-electron chi connectivity index (χ4n) is 3.45. The first-order chi connectivity index (χ1) is 11.0. The summed E-state index contributed by atoms with van der Waals surface area (Å²) in [6, 6.07) is -0.544. The van der Waals surface area contributed by atoms with Gasteiger partial charge in [0.15, 0.2) is 0 Å². The zero-order valence-corrected chi connectivity index (χ0v) is 14.9. The third kappa shape index (κ3) is 6.04. The van der Waals surface area contributed by atoms with Crippen LogP contribution in [0.2, 0.25) is 0 Å². The number of sulfonamides is 1. The Labute approximate surface area is 140 Å². The normalized spacial score (nSPS) is 24.5. The molecule has 1 saturated heterocycles. The van der Waals surface area contributed by atoms with E-state index in [-0.39, 0.29) is 5.91 Å². The first-order valence-electron chi connectivity index (χ1n) is 8.84. The van der Waals surface area contributed by atoms with Gasteiger partial charge < -0.3 is 10.1 Å². The van der Waals surface area contributed by atoms with Gasteiger partial charge in [0.25, 0.3) is 0 Å². The van der Waals surface area contributed by atoms with Crippen LogP contribution in [0, 0.1) is 0 Å². The van der Waals surface area contributed by atoms with E-state index in [0.717, 1.165) is 32.1 Å². The molecule has 134 valence electrons. The van der Waals surface area contributed by atoms with Gasteiger partial charge >= 0.3 is 0 Å². The molecule has 2 aliphatic rings. The highest BCUT2D eigenvalue weighted by molar-refractivity contribution is 7.88. The molecule has 0 aromatic carbocycles. The van der Waals surface area contributed by atoms with Gasteiger partial charge in [-0.25, -0.2) is 8.42 Å². The van der Waals surface area contributed by atoms with Crippen molar-refractivity contribution in [3.8, 4) is 0 Å². The van der Waals surface area contributed by atoms with Crippen LogP contribution >= 0.6 is 0 Å². The highest BCUT2D eigenvalue weighted by Crippen LogP contribution is 2.21. The summed E-state index contributed by atoms with van der Waals surface area (Å²) < 4.78 is 30.7. The van der Waals surface area contributed by atoms with Crippen LogP contribution in [0.4, 0.5) is 0 Å². The fraction of sp³-hybridized carbons (Fsp3) is 0.938. The van der Waals surface area contributed by atoms with Crippen LogP contribution in [0.25, 0.3) is 0 Å². The molecule has 1 aliphatic carbocycles. The quantitative estimate of drug-likeness (QED) is 0.711. The van der Waals surface area contributed by atoms with Crippen molar-refractivity contribution in [3.63, 3.8) is 0 Å². The highest BCUT2D eigenvalue weighted by Gasteiger charge is 2.34. The van der Waals surface area contributed by atoms with Crippen LogP contribution in [0.3, 0.4) is 0 Å². The maximum atomic E-state index is 12.3. The topological polar surface area (TPSA) is 75.7 Å². The first-order valence-corrected chi connectivity index (χ1v) is 10.7. The van der Waals surface area contributed by atoms with E-state index in [4.69, 9.17) is 4.74 Å². The van der Waals surface area contributed by atoms with Gasteiger partial charge in [0, 0.05) is 19.7 Å². The number of amides is 1.